The molecule has 6 heteroatoms. The van der Waals surface area contributed by atoms with Crippen molar-refractivity contribution in [2.45, 2.75) is 39.7 Å². The van der Waals surface area contributed by atoms with Crippen LogP contribution in [0.2, 0.25) is 0 Å². The van der Waals surface area contributed by atoms with Crippen molar-refractivity contribution in [3.8, 4) is 5.75 Å². The number of para-hydroxylation sites is 1. The Balaban J connectivity index is 2.05. The van der Waals surface area contributed by atoms with Gasteiger partial charge in [0, 0.05) is 18.3 Å². The molecule has 1 atom stereocenters. The maximum atomic E-state index is 13.4. The molecule has 2 aromatic heterocycles. The van der Waals surface area contributed by atoms with Crippen molar-refractivity contribution in [1.82, 2.24) is 15.0 Å². The predicted molar refractivity (Wildman–Crippen MR) is 104 cm³/mol. The minimum absolute atomic E-state index is 0.103. The van der Waals surface area contributed by atoms with E-state index in [0.717, 1.165) is 17.0 Å². The summed E-state index contributed by atoms with van der Waals surface area (Å²) in [6.45, 7) is 7.88. The van der Waals surface area contributed by atoms with Crippen LogP contribution in [0.4, 0.5) is 0 Å². The Hall–Kier alpha value is -2.89. The molecule has 3 rings (SSSR count). The van der Waals surface area contributed by atoms with E-state index < -0.39 is 0 Å². The molecule has 6 nitrogen and oxygen atoms in total. The maximum Gasteiger partial charge on any atom is 0.259 e. The van der Waals surface area contributed by atoms with Crippen molar-refractivity contribution in [1.29, 1.82) is 0 Å². The van der Waals surface area contributed by atoms with Gasteiger partial charge in [0.1, 0.15) is 5.75 Å². The fraction of sp³-hybridized carbons (Fsp3) is 0.381. The average Bonchev–Trinajstić information content (AvgIpc) is 3.06. The predicted octanol–water partition coefficient (Wildman–Crippen LogP) is 4.50. The van der Waals surface area contributed by atoms with Crippen LogP contribution in [0.25, 0.3) is 11.1 Å². The van der Waals surface area contributed by atoms with E-state index >= 15 is 0 Å². The second-order valence-corrected chi connectivity index (χ2v) is 7.03. The van der Waals surface area contributed by atoms with Crippen molar-refractivity contribution < 1.29 is 14.1 Å². The summed E-state index contributed by atoms with van der Waals surface area (Å²) >= 11 is 0. The Morgan fingerprint density at radius 3 is 2.59 bits per heavy atom. The summed E-state index contributed by atoms with van der Waals surface area (Å²) in [7, 11) is 3.43. The highest BCUT2D eigenvalue weighted by Gasteiger charge is 2.26. The lowest BCUT2D eigenvalue weighted by Gasteiger charge is -2.27. The highest BCUT2D eigenvalue weighted by atomic mass is 16.5. The Kier molecular flexibility index (Phi) is 5.17. The van der Waals surface area contributed by atoms with Gasteiger partial charge in [-0.3, -0.25) is 4.79 Å². The first-order chi connectivity index (χ1) is 12.8. The number of fused-ring (bicyclic) bond motifs is 1. The molecule has 1 amide bonds. The average molecular weight is 367 g/mol. The molecule has 1 unspecified atom stereocenters. The summed E-state index contributed by atoms with van der Waals surface area (Å²) in [6, 6.07) is 9.41. The van der Waals surface area contributed by atoms with Gasteiger partial charge in [0.2, 0.25) is 0 Å². The van der Waals surface area contributed by atoms with Gasteiger partial charge in [0.15, 0.2) is 0 Å². The number of aryl methyl sites for hydroxylation is 1. The third-order valence-electron chi connectivity index (χ3n) is 4.95. The third kappa shape index (κ3) is 3.39. The standard InChI is InChI=1S/C21H25N3O3/c1-12(2)17-11-16(19-13(3)23-27-20(19)22-17)21(25)24(5)14(4)15-9-7-8-10-18(15)26-6/h7-12,14H,1-6H3. The molecule has 1 aromatic carbocycles. The fourth-order valence-corrected chi connectivity index (χ4v) is 3.16. The van der Waals surface area contributed by atoms with Crippen LogP contribution in [0.5, 0.6) is 5.75 Å². The largest absolute Gasteiger partial charge is 0.496 e. The molecule has 0 aliphatic heterocycles. The molecular formula is C21H25N3O3. The number of amides is 1. The van der Waals surface area contributed by atoms with Crippen LogP contribution in [-0.4, -0.2) is 35.1 Å². The van der Waals surface area contributed by atoms with Gasteiger partial charge in [-0.2, -0.15) is 0 Å². The zero-order chi connectivity index (χ0) is 19.7. The number of pyridine rings is 1. The van der Waals surface area contributed by atoms with Crippen LogP contribution in [0.3, 0.4) is 0 Å². The second-order valence-electron chi connectivity index (χ2n) is 7.03. The summed E-state index contributed by atoms with van der Waals surface area (Å²) in [4.78, 5) is 19.6. The van der Waals surface area contributed by atoms with Gasteiger partial charge < -0.3 is 14.2 Å². The zero-order valence-electron chi connectivity index (χ0n) is 16.6. The maximum absolute atomic E-state index is 13.4. The van der Waals surface area contributed by atoms with Crippen molar-refractivity contribution in [3.05, 3.63) is 52.8 Å². The highest BCUT2D eigenvalue weighted by Crippen LogP contribution is 2.31. The van der Waals surface area contributed by atoms with Crippen molar-refractivity contribution in [3.63, 3.8) is 0 Å². The quantitative estimate of drug-likeness (QED) is 0.664. The first kappa shape index (κ1) is 18.9. The summed E-state index contributed by atoms with van der Waals surface area (Å²) in [6.07, 6.45) is 0. The summed E-state index contributed by atoms with van der Waals surface area (Å²) in [5, 5.41) is 4.67. The van der Waals surface area contributed by atoms with E-state index in [9.17, 15) is 4.79 Å². The Labute approximate surface area is 159 Å². The Morgan fingerprint density at radius 1 is 1.22 bits per heavy atom. The van der Waals surface area contributed by atoms with E-state index in [1.807, 2.05) is 58.0 Å². The van der Waals surface area contributed by atoms with Gasteiger partial charge >= 0.3 is 0 Å². The second kappa shape index (κ2) is 7.39. The van der Waals surface area contributed by atoms with Gasteiger partial charge in [-0.05, 0) is 31.9 Å². The molecule has 27 heavy (non-hydrogen) atoms. The van der Waals surface area contributed by atoms with E-state index in [-0.39, 0.29) is 17.9 Å². The molecular weight excluding hydrogens is 342 g/mol. The minimum Gasteiger partial charge on any atom is -0.496 e. The van der Waals surface area contributed by atoms with E-state index in [1.165, 1.54) is 0 Å². The summed E-state index contributed by atoms with van der Waals surface area (Å²) in [5.74, 6) is 0.825. The number of aromatic nitrogens is 2. The van der Waals surface area contributed by atoms with Crippen molar-refractivity contribution in [2.24, 2.45) is 0 Å². The van der Waals surface area contributed by atoms with Crippen molar-refractivity contribution in [2.75, 3.05) is 14.2 Å². The van der Waals surface area contributed by atoms with Crippen LogP contribution in [0, 0.1) is 6.92 Å². The van der Waals surface area contributed by atoms with Gasteiger partial charge in [-0.15, -0.1) is 0 Å². The third-order valence-corrected chi connectivity index (χ3v) is 4.95. The number of carbonyl (C=O) groups excluding carboxylic acids is 1. The molecule has 3 aromatic rings. The van der Waals surface area contributed by atoms with Gasteiger partial charge in [0.05, 0.1) is 29.8 Å². The van der Waals surface area contributed by atoms with E-state index in [2.05, 4.69) is 10.1 Å². The van der Waals surface area contributed by atoms with Crippen LogP contribution in [-0.2, 0) is 0 Å². The Bertz CT molecular complexity index is 978. The number of hydrogen-bond donors (Lipinski definition) is 0. The number of hydrogen-bond acceptors (Lipinski definition) is 5. The minimum atomic E-state index is -0.167. The molecule has 0 N–H and O–H groups in total. The highest BCUT2D eigenvalue weighted by molar-refractivity contribution is 6.06. The first-order valence-corrected chi connectivity index (χ1v) is 9.02. The van der Waals surface area contributed by atoms with Gasteiger partial charge in [-0.1, -0.05) is 37.2 Å². The number of carbonyl (C=O) groups is 1. The zero-order valence-corrected chi connectivity index (χ0v) is 16.6. The van der Waals surface area contributed by atoms with E-state index in [4.69, 9.17) is 9.26 Å². The van der Waals surface area contributed by atoms with E-state index in [0.29, 0.717) is 22.4 Å². The summed E-state index contributed by atoms with van der Waals surface area (Å²) in [5.41, 5.74) is 3.38. The van der Waals surface area contributed by atoms with Gasteiger partial charge in [0.25, 0.3) is 11.6 Å². The summed E-state index contributed by atoms with van der Waals surface area (Å²) < 4.78 is 10.8. The smallest absolute Gasteiger partial charge is 0.259 e. The van der Waals surface area contributed by atoms with E-state index in [1.54, 1.807) is 19.1 Å². The van der Waals surface area contributed by atoms with Crippen LogP contribution >= 0.6 is 0 Å². The lowest BCUT2D eigenvalue weighted by molar-refractivity contribution is 0.0742. The van der Waals surface area contributed by atoms with Crippen molar-refractivity contribution >= 4 is 17.0 Å². The normalized spacial score (nSPS) is 12.4. The molecule has 2 heterocycles. The lowest BCUT2D eigenvalue weighted by Crippen LogP contribution is -2.30. The molecule has 0 saturated carbocycles. The van der Waals surface area contributed by atoms with Crippen LogP contribution in [0.1, 0.15) is 60.0 Å². The fourth-order valence-electron chi connectivity index (χ4n) is 3.16. The molecule has 0 saturated heterocycles. The molecule has 0 radical (unpaired) electrons. The monoisotopic (exact) mass is 367 g/mol. The first-order valence-electron chi connectivity index (χ1n) is 9.02. The topological polar surface area (TPSA) is 68.5 Å². The number of nitrogens with zero attached hydrogens (tertiary/aromatic N) is 3. The number of rotatable bonds is 5. The Morgan fingerprint density at radius 2 is 1.93 bits per heavy atom. The van der Waals surface area contributed by atoms with Gasteiger partial charge in [-0.25, -0.2) is 4.98 Å². The number of ether oxygens (including phenoxy) is 1. The number of benzene rings is 1. The lowest BCUT2D eigenvalue weighted by atomic mass is 10.0. The number of methoxy groups -OCH3 is 1. The molecule has 142 valence electrons. The van der Waals surface area contributed by atoms with Crippen LogP contribution in [0.15, 0.2) is 34.9 Å². The molecule has 0 aliphatic carbocycles. The molecule has 0 bridgehead atoms. The SMILES string of the molecule is COc1ccccc1C(C)N(C)C(=O)c1cc(C(C)C)nc2onc(C)c12. The molecule has 0 fully saturated rings. The molecule has 0 aliphatic rings. The molecule has 0 spiro atoms. The van der Waals surface area contributed by atoms with Crippen LogP contribution < -0.4 is 4.74 Å².